The number of carbonyl (C=O) groups excluding carboxylic acids is 2. The lowest BCUT2D eigenvalue weighted by atomic mass is 10.1. The minimum absolute atomic E-state index is 0. The Morgan fingerprint density at radius 1 is 0.697 bits per heavy atom. The predicted molar refractivity (Wildman–Crippen MR) is 130 cm³/mol. The molecule has 0 unspecified atom stereocenters. The number of rotatable bonds is 19. The van der Waals surface area contributed by atoms with Gasteiger partial charge in [0.2, 0.25) is 0 Å². The molecule has 1 rings (SSSR count). The Morgan fingerprint density at radius 2 is 1.15 bits per heavy atom. The van der Waals surface area contributed by atoms with Gasteiger partial charge in [-0.2, -0.15) is 0 Å². The first-order valence-electron chi connectivity index (χ1n) is 12.6. The van der Waals surface area contributed by atoms with Gasteiger partial charge in [0.05, 0.1) is 6.54 Å². The summed E-state index contributed by atoms with van der Waals surface area (Å²) in [6.07, 6.45) is 13.0. The molecule has 0 amide bonds. The van der Waals surface area contributed by atoms with Crippen molar-refractivity contribution in [3.8, 4) is 0 Å². The van der Waals surface area contributed by atoms with Crippen LogP contribution in [0, 0.1) is 0 Å². The van der Waals surface area contributed by atoms with Crippen molar-refractivity contribution in [3.05, 3.63) is 35.9 Å². The van der Waals surface area contributed by atoms with Gasteiger partial charge in [-0.05, 0) is 12.8 Å². The van der Waals surface area contributed by atoms with Crippen molar-refractivity contribution in [2.45, 2.75) is 91.5 Å². The molecule has 1 aromatic carbocycles. The molecule has 0 atom stereocenters. The monoisotopic (exact) mass is 483 g/mol. The Labute approximate surface area is 208 Å². The number of quaternary nitrogens is 1. The molecule has 0 aliphatic carbocycles. The van der Waals surface area contributed by atoms with Crippen LogP contribution in [0.2, 0.25) is 0 Å². The highest BCUT2D eigenvalue weighted by Crippen LogP contribution is 2.18. The van der Waals surface area contributed by atoms with Gasteiger partial charge in [-0.3, -0.25) is 9.59 Å². The molecule has 0 spiro atoms. The van der Waals surface area contributed by atoms with Gasteiger partial charge in [-0.1, -0.05) is 88.6 Å². The van der Waals surface area contributed by atoms with E-state index in [4.69, 9.17) is 9.47 Å². The number of carbonyl (C=O) groups is 2. The summed E-state index contributed by atoms with van der Waals surface area (Å²) in [5.74, 6) is -0.497. The van der Waals surface area contributed by atoms with Crippen LogP contribution in [-0.4, -0.2) is 49.3 Å². The Hall–Kier alpha value is -1.59. The molecule has 0 heterocycles. The maximum atomic E-state index is 11.3. The van der Waals surface area contributed by atoms with Crippen molar-refractivity contribution in [1.29, 1.82) is 0 Å². The summed E-state index contributed by atoms with van der Waals surface area (Å²) in [7, 11) is 0. The summed E-state index contributed by atoms with van der Waals surface area (Å²) in [5.41, 5.74) is 1.25. The zero-order valence-corrected chi connectivity index (χ0v) is 21.9. The molecule has 0 N–H and O–H groups in total. The van der Waals surface area contributed by atoms with Gasteiger partial charge in [0.15, 0.2) is 0 Å². The van der Waals surface area contributed by atoms with E-state index in [-0.39, 0.29) is 24.3 Å². The highest BCUT2D eigenvalue weighted by molar-refractivity contribution is 5.66. The normalized spacial score (nSPS) is 11.0. The highest BCUT2D eigenvalue weighted by atomic mass is 35.5. The second-order valence-electron chi connectivity index (χ2n) is 9.02. The second kappa shape index (κ2) is 19.8. The third-order valence-electron chi connectivity index (χ3n) is 6.09. The maximum Gasteiger partial charge on any atom is 0.302 e. The fraction of sp³-hybridized carbons (Fsp3) is 0.704. The van der Waals surface area contributed by atoms with Gasteiger partial charge in [-0.15, -0.1) is 0 Å². The number of benzene rings is 1. The second-order valence-corrected chi connectivity index (χ2v) is 9.02. The van der Waals surface area contributed by atoms with Gasteiger partial charge in [0, 0.05) is 19.4 Å². The quantitative estimate of drug-likeness (QED) is 0.172. The zero-order valence-electron chi connectivity index (χ0n) is 21.2. The summed E-state index contributed by atoms with van der Waals surface area (Å²) >= 11 is 0. The van der Waals surface area contributed by atoms with Gasteiger partial charge in [0.1, 0.15) is 32.8 Å². The standard InChI is InChI=1S/C27H46NO4.ClH/c1-4-5-6-7-8-9-10-11-12-16-19-28(20-22-31-25(2)29,21-23-32-26(3)30)24-27-17-14-13-15-18-27;/h13-15,17-18H,4-12,16,19-24H2,1-3H3;1H/q+1;/p-1. The summed E-state index contributed by atoms with van der Waals surface area (Å²) in [5, 5.41) is 0. The van der Waals surface area contributed by atoms with Crippen molar-refractivity contribution >= 4 is 11.9 Å². The lowest BCUT2D eigenvalue weighted by Crippen LogP contribution is -3.00. The molecule has 0 fully saturated rings. The fourth-order valence-corrected chi connectivity index (χ4v) is 4.24. The molecule has 5 nitrogen and oxygen atoms in total. The molecule has 0 saturated carbocycles. The van der Waals surface area contributed by atoms with Crippen LogP contribution in [0.1, 0.15) is 90.5 Å². The predicted octanol–water partition coefficient (Wildman–Crippen LogP) is 3.05. The van der Waals surface area contributed by atoms with Crippen molar-refractivity contribution in [1.82, 2.24) is 0 Å². The Bertz CT molecular complexity index is 604. The minimum atomic E-state index is -0.248. The van der Waals surface area contributed by atoms with Crippen molar-refractivity contribution in [2.75, 3.05) is 32.8 Å². The first-order valence-corrected chi connectivity index (χ1v) is 12.6. The number of esters is 2. The Kier molecular flexibility index (Phi) is 18.9. The van der Waals surface area contributed by atoms with E-state index in [0.29, 0.717) is 13.2 Å². The van der Waals surface area contributed by atoms with Crippen LogP contribution in [0.15, 0.2) is 30.3 Å². The van der Waals surface area contributed by atoms with E-state index >= 15 is 0 Å². The minimum Gasteiger partial charge on any atom is -1.00 e. The molecule has 6 heteroatoms. The van der Waals surface area contributed by atoms with Gasteiger partial charge >= 0.3 is 11.9 Å². The van der Waals surface area contributed by atoms with E-state index in [2.05, 4.69) is 31.2 Å². The smallest absolute Gasteiger partial charge is 0.302 e. The van der Waals surface area contributed by atoms with Crippen molar-refractivity contribution in [2.24, 2.45) is 0 Å². The number of ether oxygens (including phenoxy) is 2. The number of hydrogen-bond acceptors (Lipinski definition) is 4. The van der Waals surface area contributed by atoms with Crippen molar-refractivity contribution < 1.29 is 36.0 Å². The van der Waals surface area contributed by atoms with E-state index in [9.17, 15) is 9.59 Å². The van der Waals surface area contributed by atoms with Crippen LogP contribution in [0.5, 0.6) is 0 Å². The largest absolute Gasteiger partial charge is 1.00 e. The van der Waals surface area contributed by atoms with Crippen LogP contribution in [0.3, 0.4) is 0 Å². The van der Waals surface area contributed by atoms with Gasteiger partial charge < -0.3 is 26.4 Å². The number of unbranched alkanes of at least 4 members (excludes halogenated alkanes) is 9. The molecule has 1 aromatic rings. The molecule has 0 aromatic heterocycles. The molecule has 0 radical (unpaired) electrons. The third kappa shape index (κ3) is 16.6. The molecule has 190 valence electrons. The summed E-state index contributed by atoms with van der Waals surface area (Å²) < 4.78 is 11.4. The molecular weight excluding hydrogens is 438 g/mol. The van der Waals surface area contributed by atoms with Crippen LogP contribution in [-0.2, 0) is 25.6 Å². The van der Waals surface area contributed by atoms with Crippen LogP contribution >= 0.6 is 0 Å². The van der Waals surface area contributed by atoms with Crippen molar-refractivity contribution in [3.63, 3.8) is 0 Å². The molecular formula is C27H46ClNO4. The average Bonchev–Trinajstić information content (AvgIpc) is 2.75. The van der Waals surface area contributed by atoms with E-state index in [1.54, 1.807) is 0 Å². The molecule has 0 aliphatic rings. The molecule has 0 bridgehead atoms. The Morgan fingerprint density at radius 3 is 1.61 bits per heavy atom. The van der Waals surface area contributed by atoms with Gasteiger partial charge in [0.25, 0.3) is 0 Å². The van der Waals surface area contributed by atoms with Crippen LogP contribution < -0.4 is 12.4 Å². The van der Waals surface area contributed by atoms with E-state index in [1.165, 1.54) is 77.2 Å². The first kappa shape index (κ1) is 31.4. The number of hydrogen-bond donors (Lipinski definition) is 0. The summed E-state index contributed by atoms with van der Waals surface area (Å²) in [4.78, 5) is 22.7. The molecule has 0 saturated heterocycles. The number of halogens is 1. The lowest BCUT2D eigenvalue weighted by Gasteiger charge is -2.38. The third-order valence-corrected chi connectivity index (χ3v) is 6.09. The van der Waals surface area contributed by atoms with E-state index < -0.39 is 0 Å². The SMILES string of the molecule is CCCCCCCCCCCC[N+](CCOC(C)=O)(CCOC(C)=O)Cc1ccccc1.[Cl-]. The molecule has 33 heavy (non-hydrogen) atoms. The molecule has 0 aliphatic heterocycles. The van der Waals surface area contributed by atoms with Gasteiger partial charge in [-0.25, -0.2) is 0 Å². The van der Waals surface area contributed by atoms with E-state index in [0.717, 1.165) is 37.1 Å². The topological polar surface area (TPSA) is 52.6 Å². The van der Waals surface area contributed by atoms with E-state index in [1.807, 2.05) is 6.07 Å². The average molecular weight is 484 g/mol. The Balaban J connectivity index is 0.0000102. The van der Waals surface area contributed by atoms with Crippen LogP contribution in [0.4, 0.5) is 0 Å². The van der Waals surface area contributed by atoms with Crippen LogP contribution in [0.25, 0.3) is 0 Å². The zero-order chi connectivity index (χ0) is 23.5. The maximum absolute atomic E-state index is 11.3. The highest BCUT2D eigenvalue weighted by Gasteiger charge is 2.28. The first-order chi connectivity index (χ1) is 15.5. The fourth-order valence-electron chi connectivity index (χ4n) is 4.24. The summed E-state index contributed by atoms with van der Waals surface area (Å²) in [6, 6.07) is 10.4. The lowest BCUT2D eigenvalue weighted by molar-refractivity contribution is -0.941. The summed E-state index contributed by atoms with van der Waals surface area (Å²) in [6.45, 7) is 9.24. The number of nitrogens with zero attached hydrogens (tertiary/aromatic N) is 1.